The van der Waals surface area contributed by atoms with Crippen molar-refractivity contribution in [2.24, 2.45) is 0 Å². The lowest BCUT2D eigenvalue weighted by Gasteiger charge is -2.30. The van der Waals surface area contributed by atoms with Crippen molar-refractivity contribution in [1.29, 1.82) is 0 Å². The molecule has 0 N–H and O–H groups in total. The Hall–Kier alpha value is -3.81. The van der Waals surface area contributed by atoms with Gasteiger partial charge < -0.3 is 23.5 Å². The molecule has 8 heteroatoms. The van der Waals surface area contributed by atoms with Crippen LogP contribution in [0.4, 0.5) is 0 Å². The molecular formula is C24H24N2O6. The van der Waals surface area contributed by atoms with Crippen LogP contribution in [0, 0.1) is 6.92 Å². The van der Waals surface area contributed by atoms with Crippen molar-refractivity contribution in [2.75, 3.05) is 26.3 Å². The predicted molar refractivity (Wildman–Crippen MR) is 116 cm³/mol. The maximum absolute atomic E-state index is 12.6. The van der Waals surface area contributed by atoms with Crippen LogP contribution >= 0.6 is 0 Å². The summed E-state index contributed by atoms with van der Waals surface area (Å²) in [5.41, 5.74) is 0.805. The van der Waals surface area contributed by atoms with Gasteiger partial charge in [-0.3, -0.25) is 4.79 Å². The zero-order valence-electron chi connectivity index (χ0n) is 17.9. The topological polar surface area (TPSA) is 91.1 Å². The normalized spacial score (nSPS) is 14.6. The lowest BCUT2D eigenvalue weighted by atomic mass is 10.2. The van der Waals surface area contributed by atoms with Crippen LogP contribution in [0.15, 0.2) is 59.0 Å². The molecule has 1 atom stereocenters. The maximum atomic E-state index is 12.6. The fraction of sp³-hybridized carbons (Fsp3) is 0.292. The van der Waals surface area contributed by atoms with Crippen LogP contribution in [0.5, 0.6) is 11.5 Å². The van der Waals surface area contributed by atoms with Gasteiger partial charge in [-0.1, -0.05) is 30.3 Å². The number of hydrogen-bond acceptors (Lipinski definition) is 7. The fourth-order valence-electron chi connectivity index (χ4n) is 3.38. The van der Waals surface area contributed by atoms with Crippen LogP contribution < -0.4 is 9.47 Å². The smallest absolute Gasteiger partial charge is 0.361 e. The minimum atomic E-state index is -0.705. The van der Waals surface area contributed by atoms with Gasteiger partial charge in [0, 0.05) is 12.1 Å². The Balaban J connectivity index is 1.33. The molecule has 0 bridgehead atoms. The lowest BCUT2D eigenvalue weighted by molar-refractivity contribution is -0.135. The van der Waals surface area contributed by atoms with Gasteiger partial charge in [0.15, 0.2) is 29.9 Å². The Kier molecular flexibility index (Phi) is 6.39. The van der Waals surface area contributed by atoms with E-state index in [1.54, 1.807) is 11.8 Å². The van der Waals surface area contributed by atoms with Crippen LogP contribution in [0.25, 0.3) is 11.5 Å². The van der Waals surface area contributed by atoms with Gasteiger partial charge in [-0.15, -0.1) is 0 Å². The number of fused-ring (bicyclic) bond motifs is 1. The van der Waals surface area contributed by atoms with Crippen molar-refractivity contribution in [3.8, 4) is 23.0 Å². The maximum Gasteiger partial charge on any atom is 0.361 e. The van der Waals surface area contributed by atoms with Crippen LogP contribution in [-0.4, -0.2) is 54.2 Å². The number of amides is 1. The van der Waals surface area contributed by atoms with E-state index in [4.69, 9.17) is 18.6 Å². The summed E-state index contributed by atoms with van der Waals surface area (Å²) in [6, 6.07) is 16.6. The SMILES string of the molecule is CCN(CC1COc2ccccc2O1)C(=O)COC(=O)c1nc(-c2ccccc2)oc1C. The van der Waals surface area contributed by atoms with E-state index in [1.807, 2.05) is 61.5 Å². The molecule has 0 aliphatic carbocycles. The number of nitrogens with zero attached hydrogens (tertiary/aromatic N) is 2. The van der Waals surface area contributed by atoms with Crippen LogP contribution in [-0.2, 0) is 9.53 Å². The first-order valence-corrected chi connectivity index (χ1v) is 10.4. The molecule has 166 valence electrons. The first-order chi connectivity index (χ1) is 15.5. The van der Waals surface area contributed by atoms with E-state index in [-0.39, 0.29) is 17.7 Å². The van der Waals surface area contributed by atoms with E-state index in [0.29, 0.717) is 42.8 Å². The van der Waals surface area contributed by atoms with Gasteiger partial charge >= 0.3 is 5.97 Å². The Morgan fingerprint density at radius 1 is 1.09 bits per heavy atom. The molecular weight excluding hydrogens is 412 g/mol. The fourth-order valence-corrected chi connectivity index (χ4v) is 3.38. The van der Waals surface area contributed by atoms with E-state index < -0.39 is 12.6 Å². The van der Waals surface area contributed by atoms with Crippen molar-refractivity contribution in [2.45, 2.75) is 20.0 Å². The number of aromatic nitrogens is 1. The average Bonchev–Trinajstić information content (AvgIpc) is 3.23. The van der Waals surface area contributed by atoms with E-state index in [2.05, 4.69) is 4.98 Å². The summed E-state index contributed by atoms with van der Waals surface area (Å²) in [4.78, 5) is 30.9. The second-order valence-electron chi connectivity index (χ2n) is 7.30. The number of rotatable bonds is 7. The summed E-state index contributed by atoms with van der Waals surface area (Å²) in [6.45, 7) is 4.19. The molecule has 1 aliphatic rings. The highest BCUT2D eigenvalue weighted by Gasteiger charge is 2.26. The molecule has 0 saturated heterocycles. The first kappa shape index (κ1) is 21.4. The summed E-state index contributed by atoms with van der Waals surface area (Å²) in [6.07, 6.45) is -0.310. The monoisotopic (exact) mass is 436 g/mol. The summed E-state index contributed by atoms with van der Waals surface area (Å²) < 4.78 is 22.4. The van der Waals surface area contributed by atoms with Gasteiger partial charge in [-0.25, -0.2) is 9.78 Å². The van der Waals surface area contributed by atoms with Crippen LogP contribution in [0.3, 0.4) is 0 Å². The minimum absolute atomic E-state index is 0.0559. The van der Waals surface area contributed by atoms with Crippen molar-refractivity contribution in [3.63, 3.8) is 0 Å². The van der Waals surface area contributed by atoms with Gasteiger partial charge in [0.1, 0.15) is 12.4 Å². The standard InChI is InChI=1S/C24H24N2O6/c1-3-26(13-18-14-29-19-11-7-8-12-20(19)32-18)21(27)15-30-24(28)22-16(2)31-23(25-22)17-9-5-4-6-10-17/h4-12,18H,3,13-15H2,1-2H3. The zero-order valence-corrected chi connectivity index (χ0v) is 17.9. The highest BCUT2D eigenvalue weighted by atomic mass is 16.6. The molecule has 1 aliphatic heterocycles. The van der Waals surface area contributed by atoms with Crippen molar-refractivity contribution in [1.82, 2.24) is 9.88 Å². The first-order valence-electron chi connectivity index (χ1n) is 10.4. The number of aryl methyl sites for hydroxylation is 1. The van der Waals surface area contributed by atoms with E-state index in [9.17, 15) is 9.59 Å². The van der Waals surface area contributed by atoms with Gasteiger partial charge in [-0.2, -0.15) is 0 Å². The van der Waals surface area contributed by atoms with E-state index >= 15 is 0 Å². The average molecular weight is 436 g/mol. The molecule has 0 fully saturated rings. The molecule has 2 aromatic carbocycles. The van der Waals surface area contributed by atoms with Crippen LogP contribution in [0.1, 0.15) is 23.2 Å². The highest BCUT2D eigenvalue weighted by Crippen LogP contribution is 2.31. The minimum Gasteiger partial charge on any atom is -0.486 e. The lowest BCUT2D eigenvalue weighted by Crippen LogP contribution is -2.45. The molecule has 8 nitrogen and oxygen atoms in total. The molecule has 0 saturated carbocycles. The Morgan fingerprint density at radius 3 is 2.56 bits per heavy atom. The van der Waals surface area contributed by atoms with Crippen molar-refractivity contribution >= 4 is 11.9 Å². The largest absolute Gasteiger partial charge is 0.486 e. The second-order valence-corrected chi connectivity index (χ2v) is 7.30. The number of oxazole rings is 1. The number of ether oxygens (including phenoxy) is 3. The summed E-state index contributed by atoms with van der Waals surface area (Å²) >= 11 is 0. The van der Waals surface area contributed by atoms with Gasteiger partial charge in [0.05, 0.1) is 6.54 Å². The number of carbonyl (C=O) groups excluding carboxylic acids is 2. The molecule has 4 rings (SSSR count). The number of likely N-dealkylation sites (N-methyl/N-ethyl adjacent to an activating group) is 1. The summed E-state index contributed by atoms with van der Waals surface area (Å²) in [7, 11) is 0. The van der Waals surface area contributed by atoms with Crippen LogP contribution in [0.2, 0.25) is 0 Å². The quantitative estimate of drug-likeness (QED) is 0.524. The summed E-state index contributed by atoms with van der Waals surface area (Å²) in [5, 5.41) is 0. The number of benzene rings is 2. The number of carbonyl (C=O) groups is 2. The summed E-state index contributed by atoms with van der Waals surface area (Å²) in [5.74, 6) is 0.961. The van der Waals surface area contributed by atoms with Gasteiger partial charge in [0.25, 0.3) is 5.91 Å². The molecule has 1 unspecified atom stereocenters. The number of hydrogen-bond donors (Lipinski definition) is 0. The molecule has 0 spiro atoms. The molecule has 1 amide bonds. The van der Waals surface area contributed by atoms with Crippen molar-refractivity contribution < 1.29 is 28.2 Å². The second kappa shape index (κ2) is 9.55. The van der Waals surface area contributed by atoms with E-state index in [0.717, 1.165) is 5.56 Å². The third-order valence-corrected chi connectivity index (χ3v) is 5.06. The molecule has 0 radical (unpaired) electrons. The number of esters is 1. The molecule has 1 aromatic heterocycles. The zero-order chi connectivity index (χ0) is 22.5. The van der Waals surface area contributed by atoms with Gasteiger partial charge in [0.2, 0.25) is 5.89 Å². The molecule has 32 heavy (non-hydrogen) atoms. The van der Waals surface area contributed by atoms with Gasteiger partial charge in [-0.05, 0) is 38.1 Å². The molecule has 2 heterocycles. The molecule has 3 aromatic rings. The van der Waals surface area contributed by atoms with Crippen molar-refractivity contribution in [3.05, 3.63) is 66.1 Å². The third-order valence-electron chi connectivity index (χ3n) is 5.06. The highest BCUT2D eigenvalue weighted by molar-refractivity contribution is 5.91. The Morgan fingerprint density at radius 2 is 1.81 bits per heavy atom. The number of para-hydroxylation sites is 2. The predicted octanol–water partition coefficient (Wildman–Crippen LogP) is 3.50. The van der Waals surface area contributed by atoms with E-state index in [1.165, 1.54) is 0 Å². The third kappa shape index (κ3) is 4.74. The Labute approximate surface area is 185 Å². The Bertz CT molecular complexity index is 1090.